The number of fused-ring (bicyclic) bond motifs is 1. The van der Waals surface area contributed by atoms with Crippen LogP contribution in [0.4, 0.5) is 0 Å². The number of aromatic amines is 1. The lowest BCUT2D eigenvalue weighted by Crippen LogP contribution is -2.45. The largest absolute Gasteiger partial charge is 0.506 e. The summed E-state index contributed by atoms with van der Waals surface area (Å²) in [6.07, 6.45) is 7.50. The summed E-state index contributed by atoms with van der Waals surface area (Å²) < 4.78 is 23.6. The van der Waals surface area contributed by atoms with Crippen molar-refractivity contribution in [2.45, 2.75) is 62.3 Å². The van der Waals surface area contributed by atoms with Gasteiger partial charge in [0.2, 0.25) is 15.9 Å². The molecule has 218 valence electrons. The molecule has 3 aromatic rings. The Morgan fingerprint density at radius 2 is 1.70 bits per heavy atom. The Morgan fingerprint density at radius 1 is 1.00 bits per heavy atom. The molecule has 0 aliphatic heterocycles. The van der Waals surface area contributed by atoms with Crippen LogP contribution in [0.3, 0.4) is 0 Å². The zero-order valence-corrected chi connectivity index (χ0v) is 24.3. The molecular formula is C28H39N5O5S2. The maximum Gasteiger partial charge on any atom is 0.305 e. The quantitative estimate of drug-likeness (QED) is 0.181. The number of primary sulfonamides is 1. The SMILES string of the molecule is NS(=O)(=O)c1ccc(CCNCCC(=O)N(CCNCCc2ccc(O)c3[nH]c(=O)sc23)C2CCCCC2)cc1. The Labute approximate surface area is 239 Å². The number of carbonyl (C=O) groups is 1. The first kappa shape index (κ1) is 30.2. The number of aromatic hydroxyl groups is 1. The minimum absolute atomic E-state index is 0.0833. The number of aromatic nitrogens is 1. The first-order valence-electron chi connectivity index (χ1n) is 13.9. The summed E-state index contributed by atoms with van der Waals surface area (Å²) in [4.78, 5) is 29.6. The van der Waals surface area contributed by atoms with E-state index in [1.54, 1.807) is 18.2 Å². The van der Waals surface area contributed by atoms with Crippen molar-refractivity contribution in [1.82, 2.24) is 20.5 Å². The van der Waals surface area contributed by atoms with Gasteiger partial charge in [0.1, 0.15) is 11.3 Å². The standard InChI is InChI=1S/C28H39N5O5S2/c29-40(37,38)23-9-6-20(7-10-23)12-15-30-17-14-25(35)33(22-4-2-1-3-5-22)19-18-31-16-13-21-8-11-24(34)26-27(21)39-28(36)32-26/h6-11,22,30-31,34H,1-5,12-19H2,(H,32,36)(H2,29,37,38). The lowest BCUT2D eigenvalue weighted by molar-refractivity contribution is -0.134. The summed E-state index contributed by atoms with van der Waals surface area (Å²) >= 11 is 1.11. The van der Waals surface area contributed by atoms with E-state index in [9.17, 15) is 23.1 Å². The summed E-state index contributed by atoms with van der Waals surface area (Å²) in [6, 6.07) is 10.3. The first-order valence-corrected chi connectivity index (χ1v) is 16.2. The number of hydrogen-bond acceptors (Lipinski definition) is 8. The molecule has 0 unspecified atom stereocenters. The zero-order valence-electron chi connectivity index (χ0n) is 22.7. The Hall–Kier alpha value is -2.77. The summed E-state index contributed by atoms with van der Waals surface area (Å²) in [7, 11) is -3.69. The number of nitrogens with two attached hydrogens (primary N) is 1. The van der Waals surface area contributed by atoms with Crippen LogP contribution in [0.5, 0.6) is 5.75 Å². The molecule has 1 heterocycles. The van der Waals surface area contributed by atoms with Gasteiger partial charge < -0.3 is 25.6 Å². The van der Waals surface area contributed by atoms with Gasteiger partial charge >= 0.3 is 4.87 Å². The number of H-pyrrole nitrogens is 1. The van der Waals surface area contributed by atoms with Gasteiger partial charge in [-0.15, -0.1) is 0 Å². The normalized spacial score (nSPS) is 14.5. The molecular weight excluding hydrogens is 550 g/mol. The lowest BCUT2D eigenvalue weighted by Gasteiger charge is -2.34. The van der Waals surface area contributed by atoms with Gasteiger partial charge in [-0.1, -0.05) is 48.8 Å². The van der Waals surface area contributed by atoms with Crippen LogP contribution in [-0.2, 0) is 27.7 Å². The van der Waals surface area contributed by atoms with Gasteiger partial charge in [-0.3, -0.25) is 9.59 Å². The van der Waals surface area contributed by atoms with E-state index in [1.807, 2.05) is 6.07 Å². The van der Waals surface area contributed by atoms with Gasteiger partial charge in [0.25, 0.3) is 0 Å². The molecule has 0 radical (unpaired) electrons. The fraction of sp³-hybridized carbons (Fsp3) is 0.500. The smallest absolute Gasteiger partial charge is 0.305 e. The maximum absolute atomic E-state index is 13.2. The second kappa shape index (κ2) is 14.2. The molecule has 2 aromatic carbocycles. The van der Waals surface area contributed by atoms with Crippen molar-refractivity contribution in [2.24, 2.45) is 5.14 Å². The van der Waals surface area contributed by atoms with Crippen LogP contribution in [0.15, 0.2) is 46.1 Å². The van der Waals surface area contributed by atoms with Crippen molar-refractivity contribution in [3.8, 4) is 5.75 Å². The van der Waals surface area contributed by atoms with Crippen LogP contribution in [0.1, 0.15) is 49.7 Å². The number of phenolic OH excluding ortho intramolecular Hbond substituents is 1. The van der Waals surface area contributed by atoms with Gasteiger partial charge in [-0.05, 0) is 68.1 Å². The molecule has 0 spiro atoms. The number of carbonyl (C=O) groups excluding carboxylic acids is 1. The molecule has 0 atom stereocenters. The molecule has 1 aliphatic rings. The van der Waals surface area contributed by atoms with E-state index in [2.05, 4.69) is 20.5 Å². The number of nitrogens with one attached hydrogen (secondary N) is 3. The molecule has 4 rings (SSSR count). The van der Waals surface area contributed by atoms with Crippen molar-refractivity contribution in [2.75, 3.05) is 32.7 Å². The predicted octanol–water partition coefficient (Wildman–Crippen LogP) is 2.46. The summed E-state index contributed by atoms with van der Waals surface area (Å²) in [5.74, 6) is 0.246. The van der Waals surface area contributed by atoms with Gasteiger partial charge in [0, 0.05) is 32.1 Å². The number of benzene rings is 2. The fourth-order valence-electron chi connectivity index (χ4n) is 5.26. The maximum atomic E-state index is 13.2. The average molecular weight is 590 g/mol. The zero-order chi connectivity index (χ0) is 28.5. The second-order valence-electron chi connectivity index (χ2n) is 10.3. The van der Waals surface area contributed by atoms with Gasteiger partial charge in [0.15, 0.2) is 0 Å². The van der Waals surface area contributed by atoms with Crippen molar-refractivity contribution in [3.63, 3.8) is 0 Å². The summed E-state index contributed by atoms with van der Waals surface area (Å²) in [6.45, 7) is 3.32. The Kier molecular flexibility index (Phi) is 10.7. The number of sulfonamides is 1. The number of thiazole rings is 1. The van der Waals surface area contributed by atoms with E-state index < -0.39 is 10.0 Å². The first-order chi connectivity index (χ1) is 19.2. The van der Waals surface area contributed by atoms with Gasteiger partial charge in [0.05, 0.1) is 9.60 Å². The number of phenols is 1. The van der Waals surface area contributed by atoms with Crippen LogP contribution in [-0.4, -0.2) is 68.1 Å². The molecule has 1 amide bonds. The molecule has 1 fully saturated rings. The minimum atomic E-state index is -3.69. The van der Waals surface area contributed by atoms with Crippen LogP contribution >= 0.6 is 11.3 Å². The third kappa shape index (κ3) is 8.37. The van der Waals surface area contributed by atoms with Gasteiger partial charge in [-0.25, -0.2) is 13.6 Å². The second-order valence-corrected chi connectivity index (χ2v) is 12.8. The Morgan fingerprint density at radius 3 is 2.42 bits per heavy atom. The van der Waals surface area contributed by atoms with Crippen LogP contribution in [0, 0.1) is 0 Å². The van der Waals surface area contributed by atoms with Crippen molar-refractivity contribution < 1.29 is 18.3 Å². The van der Waals surface area contributed by atoms with E-state index in [0.717, 1.165) is 65.7 Å². The van der Waals surface area contributed by atoms with Gasteiger partial charge in [-0.2, -0.15) is 0 Å². The molecule has 10 nitrogen and oxygen atoms in total. The minimum Gasteiger partial charge on any atom is -0.506 e. The van der Waals surface area contributed by atoms with Crippen LogP contribution < -0.4 is 20.6 Å². The van der Waals surface area contributed by atoms with Crippen LogP contribution in [0.25, 0.3) is 10.2 Å². The van der Waals surface area contributed by atoms with E-state index in [1.165, 1.54) is 18.6 Å². The van der Waals surface area contributed by atoms with E-state index in [4.69, 9.17) is 5.14 Å². The Bertz CT molecular complexity index is 1430. The number of nitrogens with zero attached hydrogens (tertiary/aromatic N) is 1. The van der Waals surface area contributed by atoms with Crippen LogP contribution in [0.2, 0.25) is 0 Å². The number of amides is 1. The van der Waals surface area contributed by atoms with E-state index in [0.29, 0.717) is 44.7 Å². The van der Waals surface area contributed by atoms with E-state index >= 15 is 0 Å². The lowest BCUT2D eigenvalue weighted by atomic mass is 9.94. The molecule has 1 saturated carbocycles. The molecule has 0 bridgehead atoms. The topological polar surface area (TPSA) is 158 Å². The summed E-state index contributed by atoms with van der Waals surface area (Å²) in [5.41, 5.74) is 2.50. The van der Waals surface area contributed by atoms with E-state index in [-0.39, 0.29) is 27.5 Å². The Balaban J connectivity index is 1.21. The number of hydrogen-bond donors (Lipinski definition) is 5. The highest BCUT2D eigenvalue weighted by molar-refractivity contribution is 7.89. The van der Waals surface area contributed by atoms with Crippen molar-refractivity contribution in [1.29, 1.82) is 0 Å². The molecule has 1 aliphatic carbocycles. The third-order valence-corrected chi connectivity index (χ3v) is 9.32. The molecule has 40 heavy (non-hydrogen) atoms. The highest BCUT2D eigenvalue weighted by Crippen LogP contribution is 2.28. The molecule has 12 heteroatoms. The van der Waals surface area contributed by atoms with Crippen molar-refractivity contribution >= 4 is 37.5 Å². The highest BCUT2D eigenvalue weighted by atomic mass is 32.2. The predicted molar refractivity (Wildman–Crippen MR) is 158 cm³/mol. The molecule has 6 N–H and O–H groups in total. The average Bonchev–Trinajstić information content (AvgIpc) is 3.34. The summed E-state index contributed by atoms with van der Waals surface area (Å²) in [5, 5.41) is 21.9. The highest BCUT2D eigenvalue weighted by Gasteiger charge is 2.24. The third-order valence-electron chi connectivity index (χ3n) is 7.43. The molecule has 0 saturated heterocycles. The monoisotopic (exact) mass is 589 g/mol. The van der Waals surface area contributed by atoms with Crippen molar-refractivity contribution in [3.05, 3.63) is 57.2 Å². The molecule has 1 aromatic heterocycles. The fourth-order valence-corrected chi connectivity index (χ4v) is 6.68. The number of rotatable bonds is 14.